The van der Waals surface area contributed by atoms with Gasteiger partial charge in [-0.05, 0) is 29.2 Å². The summed E-state index contributed by atoms with van der Waals surface area (Å²) in [5, 5.41) is 12.4. The van der Waals surface area contributed by atoms with E-state index in [2.05, 4.69) is 10.3 Å². The number of carbonyl (C=O) groups excluding carboxylic acids is 1. The van der Waals surface area contributed by atoms with Crippen LogP contribution in [0.1, 0.15) is 30.9 Å². The van der Waals surface area contributed by atoms with Crippen molar-refractivity contribution in [1.82, 2.24) is 9.88 Å². The van der Waals surface area contributed by atoms with E-state index in [1.807, 2.05) is 38.1 Å². The van der Waals surface area contributed by atoms with Crippen LogP contribution < -0.4 is 10.1 Å². The molecule has 1 saturated heterocycles. The molecule has 0 bridgehead atoms. The minimum Gasteiger partial charge on any atom is -0.479 e. The van der Waals surface area contributed by atoms with Crippen molar-refractivity contribution < 1.29 is 19.4 Å². The second-order valence-corrected chi connectivity index (χ2v) is 7.49. The molecule has 1 fully saturated rings. The monoisotopic (exact) mass is 403 g/mol. The maximum absolute atomic E-state index is 13.4. The molecule has 0 spiro atoms. The number of carboxylic acid groups (broad SMARTS) is 1. The Kier molecular flexibility index (Phi) is 5.47. The van der Waals surface area contributed by atoms with Gasteiger partial charge in [0.25, 0.3) is 0 Å². The van der Waals surface area contributed by atoms with Crippen LogP contribution in [0.5, 0.6) is 5.88 Å². The first-order valence-electron chi connectivity index (χ1n) is 8.88. The molecule has 1 aliphatic heterocycles. The summed E-state index contributed by atoms with van der Waals surface area (Å²) in [5.41, 5.74) is 1.25. The Hall–Kier alpha value is -2.80. The van der Waals surface area contributed by atoms with Crippen molar-refractivity contribution in [3.8, 4) is 5.88 Å². The van der Waals surface area contributed by atoms with Crippen LogP contribution in [-0.2, 0) is 10.2 Å². The minimum atomic E-state index is -1.05. The second-order valence-electron chi connectivity index (χ2n) is 7.11. The lowest BCUT2D eigenvalue weighted by atomic mass is 9.70. The summed E-state index contributed by atoms with van der Waals surface area (Å²) in [6.45, 7) is 4.26. The topological polar surface area (TPSA) is 91.8 Å². The van der Waals surface area contributed by atoms with Crippen molar-refractivity contribution in [1.29, 1.82) is 0 Å². The number of hydrogen-bond donors (Lipinski definition) is 2. The van der Waals surface area contributed by atoms with E-state index >= 15 is 0 Å². The lowest BCUT2D eigenvalue weighted by Gasteiger charge is -2.48. The van der Waals surface area contributed by atoms with Gasteiger partial charge in [-0.1, -0.05) is 49.7 Å². The van der Waals surface area contributed by atoms with Crippen LogP contribution in [0.25, 0.3) is 0 Å². The van der Waals surface area contributed by atoms with E-state index in [4.69, 9.17) is 16.3 Å². The van der Waals surface area contributed by atoms with E-state index in [0.717, 1.165) is 11.1 Å². The van der Waals surface area contributed by atoms with Gasteiger partial charge in [-0.2, -0.15) is 4.98 Å². The number of rotatable bonds is 5. The zero-order valence-corrected chi connectivity index (χ0v) is 16.7. The molecule has 7 nitrogen and oxygen atoms in total. The molecule has 0 saturated carbocycles. The number of nitrogens with zero attached hydrogens (tertiary/aromatic N) is 2. The molecule has 2 amide bonds. The summed E-state index contributed by atoms with van der Waals surface area (Å²) >= 11 is 5.89. The van der Waals surface area contributed by atoms with Crippen molar-refractivity contribution >= 4 is 29.3 Å². The maximum Gasteiger partial charge on any atom is 0.407 e. The molecule has 0 unspecified atom stereocenters. The van der Waals surface area contributed by atoms with Crippen molar-refractivity contribution in [2.45, 2.75) is 25.2 Å². The van der Waals surface area contributed by atoms with Crippen molar-refractivity contribution in [2.75, 3.05) is 25.5 Å². The van der Waals surface area contributed by atoms with Gasteiger partial charge < -0.3 is 20.1 Å². The third-order valence-electron chi connectivity index (χ3n) is 4.99. The van der Waals surface area contributed by atoms with E-state index < -0.39 is 11.5 Å². The molecule has 1 aromatic heterocycles. The molecule has 2 N–H and O–H groups in total. The van der Waals surface area contributed by atoms with Crippen LogP contribution in [0.15, 0.2) is 36.4 Å². The van der Waals surface area contributed by atoms with E-state index in [9.17, 15) is 14.7 Å². The Bertz CT molecular complexity index is 910. The lowest BCUT2D eigenvalue weighted by Crippen LogP contribution is -2.66. The number of carbonyl (C=O) groups is 2. The molecule has 0 atom stereocenters. The molecule has 8 heteroatoms. The van der Waals surface area contributed by atoms with Gasteiger partial charge in [0, 0.05) is 13.1 Å². The number of benzene rings is 1. The predicted octanol–water partition coefficient (Wildman–Crippen LogP) is 3.74. The number of anilines is 1. The van der Waals surface area contributed by atoms with Gasteiger partial charge >= 0.3 is 6.09 Å². The normalized spacial score (nSPS) is 15.1. The third-order valence-corrected chi connectivity index (χ3v) is 5.20. The quantitative estimate of drug-likeness (QED) is 0.742. The zero-order valence-electron chi connectivity index (χ0n) is 15.9. The van der Waals surface area contributed by atoms with Crippen LogP contribution in [0.2, 0.25) is 5.15 Å². The first-order chi connectivity index (χ1) is 13.3. The predicted molar refractivity (Wildman–Crippen MR) is 106 cm³/mol. The van der Waals surface area contributed by atoms with Gasteiger partial charge in [0.05, 0.1) is 7.11 Å². The zero-order chi connectivity index (χ0) is 20.5. The smallest absolute Gasteiger partial charge is 0.407 e. The molecule has 148 valence electrons. The van der Waals surface area contributed by atoms with Crippen molar-refractivity contribution in [2.24, 2.45) is 0 Å². The highest BCUT2D eigenvalue weighted by molar-refractivity contribution is 6.29. The number of halogens is 1. The Labute approximate surface area is 168 Å². The molecule has 0 radical (unpaired) electrons. The largest absolute Gasteiger partial charge is 0.479 e. The molecule has 0 aliphatic carbocycles. The number of pyridine rings is 1. The highest BCUT2D eigenvalue weighted by Gasteiger charge is 2.53. The lowest BCUT2D eigenvalue weighted by molar-refractivity contribution is -0.126. The standard InChI is InChI=1S/C20H22ClN3O4/c1-12(2)13-6-4-5-7-14(13)20(10-24(11-20)19(26)27)18(25)22-15-8-9-16(21)23-17(15)28-3/h4-9,12H,10-11H2,1-3H3,(H,22,25)(H,26,27). The average molecular weight is 404 g/mol. The Morgan fingerprint density at radius 3 is 2.54 bits per heavy atom. The fraction of sp³-hybridized carbons (Fsp3) is 0.350. The number of aromatic nitrogens is 1. The molecule has 1 aliphatic rings. The first-order valence-corrected chi connectivity index (χ1v) is 9.25. The van der Waals surface area contributed by atoms with E-state index in [-0.39, 0.29) is 35.9 Å². The molecule has 2 heterocycles. The Morgan fingerprint density at radius 2 is 1.93 bits per heavy atom. The second kappa shape index (κ2) is 7.67. The summed E-state index contributed by atoms with van der Waals surface area (Å²) in [6, 6.07) is 10.8. The molecule has 2 aromatic rings. The number of hydrogen-bond acceptors (Lipinski definition) is 4. The summed E-state index contributed by atoms with van der Waals surface area (Å²) in [5.74, 6) is 0.0783. The molecule has 3 rings (SSSR count). The van der Waals surface area contributed by atoms with Gasteiger partial charge in [-0.3, -0.25) is 4.79 Å². The summed E-state index contributed by atoms with van der Waals surface area (Å²) in [6.07, 6.45) is -1.05. The van der Waals surface area contributed by atoms with Gasteiger partial charge in [-0.15, -0.1) is 0 Å². The van der Waals surface area contributed by atoms with E-state index in [1.54, 1.807) is 12.1 Å². The average Bonchev–Trinajstić information content (AvgIpc) is 2.62. The van der Waals surface area contributed by atoms with Crippen LogP contribution in [0, 0.1) is 0 Å². The van der Waals surface area contributed by atoms with Crippen molar-refractivity contribution in [3.05, 3.63) is 52.7 Å². The van der Waals surface area contributed by atoms with Crippen LogP contribution in [0.3, 0.4) is 0 Å². The highest BCUT2D eigenvalue weighted by Crippen LogP contribution is 2.40. The van der Waals surface area contributed by atoms with Crippen LogP contribution >= 0.6 is 11.6 Å². The number of methoxy groups -OCH3 is 1. The van der Waals surface area contributed by atoms with Crippen molar-refractivity contribution in [3.63, 3.8) is 0 Å². The first kappa shape index (κ1) is 19.9. The van der Waals surface area contributed by atoms with E-state index in [1.165, 1.54) is 12.0 Å². The summed E-state index contributed by atoms with van der Waals surface area (Å²) in [4.78, 5) is 30.0. The molecular formula is C20H22ClN3O4. The minimum absolute atomic E-state index is 0.0846. The summed E-state index contributed by atoms with van der Waals surface area (Å²) < 4.78 is 5.20. The number of ether oxygens (including phenoxy) is 1. The Balaban J connectivity index is 2.00. The SMILES string of the molecule is COc1nc(Cl)ccc1NC(=O)C1(c2ccccc2C(C)C)CN(C(=O)O)C1. The molecular weight excluding hydrogens is 382 g/mol. The fourth-order valence-electron chi connectivity index (χ4n) is 3.52. The van der Waals surface area contributed by atoms with Crippen LogP contribution in [-0.4, -0.2) is 47.2 Å². The van der Waals surface area contributed by atoms with E-state index in [0.29, 0.717) is 5.69 Å². The summed E-state index contributed by atoms with van der Waals surface area (Å²) in [7, 11) is 1.44. The fourth-order valence-corrected chi connectivity index (χ4v) is 3.66. The molecule has 1 aromatic carbocycles. The number of amides is 2. The third kappa shape index (κ3) is 3.49. The molecule has 28 heavy (non-hydrogen) atoms. The highest BCUT2D eigenvalue weighted by atomic mass is 35.5. The number of likely N-dealkylation sites (tertiary alicyclic amines) is 1. The maximum atomic E-state index is 13.4. The van der Waals surface area contributed by atoms with Gasteiger partial charge in [0.15, 0.2) is 0 Å². The van der Waals surface area contributed by atoms with Gasteiger partial charge in [0.2, 0.25) is 11.8 Å². The van der Waals surface area contributed by atoms with Gasteiger partial charge in [0.1, 0.15) is 16.3 Å². The van der Waals surface area contributed by atoms with Gasteiger partial charge in [-0.25, -0.2) is 4.79 Å². The Morgan fingerprint density at radius 1 is 1.25 bits per heavy atom. The van der Waals surface area contributed by atoms with Crippen LogP contribution in [0.4, 0.5) is 10.5 Å². The number of nitrogens with one attached hydrogen (secondary N) is 1.